The first-order valence-corrected chi connectivity index (χ1v) is 5.11. The van der Waals surface area contributed by atoms with Crippen molar-refractivity contribution < 1.29 is 13.2 Å². The van der Waals surface area contributed by atoms with Crippen molar-refractivity contribution in [1.29, 1.82) is 0 Å². The van der Waals surface area contributed by atoms with Gasteiger partial charge in [-0.15, -0.1) is 0 Å². The van der Waals surface area contributed by atoms with Gasteiger partial charge in [-0.3, -0.25) is 9.79 Å². The molecule has 0 aliphatic heterocycles. The lowest BCUT2D eigenvalue weighted by molar-refractivity contribution is -0.119. The number of hydrogen-bond donors (Lipinski definition) is 3. The van der Waals surface area contributed by atoms with E-state index < -0.39 is 22.4 Å². The SMILES string of the molecule is NC(=O)[C@H](CCCN=C(N)N)N=S(=O)=O. The van der Waals surface area contributed by atoms with Crippen LogP contribution in [0.25, 0.3) is 0 Å². The Kier molecular flexibility index (Phi) is 6.02. The van der Waals surface area contributed by atoms with Crippen LogP contribution in [0.15, 0.2) is 9.36 Å². The fourth-order valence-electron chi connectivity index (χ4n) is 0.844. The second-order valence-corrected chi connectivity index (χ2v) is 3.33. The average Bonchev–Trinajstić information content (AvgIpc) is 2.08. The molecule has 0 fully saturated rings. The number of hydrogen-bond acceptors (Lipinski definition) is 5. The van der Waals surface area contributed by atoms with Gasteiger partial charge in [0.2, 0.25) is 5.91 Å². The van der Waals surface area contributed by atoms with Gasteiger partial charge in [0.1, 0.15) is 6.04 Å². The highest BCUT2D eigenvalue weighted by molar-refractivity contribution is 7.61. The second-order valence-electron chi connectivity index (χ2n) is 2.69. The minimum absolute atomic E-state index is 0.0602. The molecule has 0 bridgehead atoms. The smallest absolute Gasteiger partial charge is 0.311 e. The molecule has 0 unspecified atom stereocenters. The van der Waals surface area contributed by atoms with Crippen LogP contribution in [0.2, 0.25) is 0 Å². The van der Waals surface area contributed by atoms with E-state index >= 15 is 0 Å². The molecular formula is C6H13N5O3S. The number of nitrogens with two attached hydrogens (primary N) is 3. The van der Waals surface area contributed by atoms with Crippen molar-refractivity contribution in [1.82, 2.24) is 0 Å². The summed E-state index contributed by atoms with van der Waals surface area (Å²) in [7, 11) is -2.64. The lowest BCUT2D eigenvalue weighted by Gasteiger charge is -2.03. The van der Waals surface area contributed by atoms with Gasteiger partial charge < -0.3 is 17.2 Å². The van der Waals surface area contributed by atoms with Gasteiger partial charge >= 0.3 is 10.5 Å². The molecule has 15 heavy (non-hydrogen) atoms. The normalized spacial score (nSPS) is 11.5. The molecule has 86 valence electrons. The number of guanidine groups is 1. The predicted molar refractivity (Wildman–Crippen MR) is 54.2 cm³/mol. The van der Waals surface area contributed by atoms with Crippen LogP contribution in [0.4, 0.5) is 0 Å². The summed E-state index contributed by atoms with van der Waals surface area (Å²) in [4.78, 5) is 14.4. The van der Waals surface area contributed by atoms with Crippen molar-refractivity contribution in [2.45, 2.75) is 18.9 Å². The van der Waals surface area contributed by atoms with Gasteiger partial charge in [-0.1, -0.05) is 0 Å². The van der Waals surface area contributed by atoms with Crippen LogP contribution >= 0.6 is 0 Å². The van der Waals surface area contributed by atoms with Gasteiger partial charge in [0.25, 0.3) is 0 Å². The van der Waals surface area contributed by atoms with Crippen LogP contribution in [-0.4, -0.2) is 32.9 Å². The summed E-state index contributed by atoms with van der Waals surface area (Å²) in [5.74, 6) is -0.848. The molecule has 0 aromatic heterocycles. The van der Waals surface area contributed by atoms with Crippen LogP contribution in [-0.2, 0) is 15.3 Å². The lowest BCUT2D eigenvalue weighted by atomic mass is 10.1. The van der Waals surface area contributed by atoms with E-state index in [0.717, 1.165) is 0 Å². The number of carbonyl (C=O) groups excluding carboxylic acids is 1. The molecule has 0 aliphatic rings. The third-order valence-electron chi connectivity index (χ3n) is 1.47. The molecule has 0 saturated carbocycles. The number of nitrogens with zero attached hydrogens (tertiary/aromatic N) is 2. The maximum atomic E-state index is 10.7. The highest BCUT2D eigenvalue weighted by Crippen LogP contribution is 2.01. The summed E-state index contributed by atoms with van der Waals surface area (Å²) in [6.07, 6.45) is 0.617. The van der Waals surface area contributed by atoms with E-state index in [9.17, 15) is 13.2 Å². The fraction of sp³-hybridized carbons (Fsp3) is 0.667. The molecule has 6 N–H and O–H groups in total. The van der Waals surface area contributed by atoms with Crippen molar-refractivity contribution in [3.63, 3.8) is 0 Å². The quantitative estimate of drug-likeness (QED) is 0.275. The van der Waals surface area contributed by atoms with Gasteiger partial charge in [0, 0.05) is 6.54 Å². The molecular weight excluding hydrogens is 222 g/mol. The molecule has 9 heteroatoms. The Hall–Kier alpha value is -1.64. The first-order chi connectivity index (χ1) is 6.93. The summed E-state index contributed by atoms with van der Waals surface area (Å²) in [5, 5.41) is 0. The Labute approximate surface area is 88.2 Å². The minimum Gasteiger partial charge on any atom is -0.370 e. The van der Waals surface area contributed by atoms with E-state index in [1.807, 2.05) is 0 Å². The largest absolute Gasteiger partial charge is 0.370 e. The van der Waals surface area contributed by atoms with Crippen molar-refractivity contribution in [2.75, 3.05) is 6.54 Å². The monoisotopic (exact) mass is 235 g/mol. The standard InChI is InChI=1S/C6H13N5O3S/c7-5(12)4(11-15(13)14)2-1-3-10-6(8)9/h4H,1-3H2,(H2,7,12)(H4,8,9,10)/t4-/m0/s1. The van der Waals surface area contributed by atoms with Crippen LogP contribution < -0.4 is 17.2 Å². The molecule has 0 rings (SSSR count). The molecule has 0 saturated heterocycles. The van der Waals surface area contributed by atoms with Gasteiger partial charge in [0.15, 0.2) is 5.96 Å². The third-order valence-corrected chi connectivity index (χ3v) is 1.90. The van der Waals surface area contributed by atoms with E-state index in [4.69, 9.17) is 17.2 Å². The average molecular weight is 235 g/mol. The molecule has 0 spiro atoms. The number of rotatable bonds is 6. The maximum Gasteiger partial charge on any atom is 0.311 e. The van der Waals surface area contributed by atoms with Crippen LogP contribution in [0.3, 0.4) is 0 Å². The van der Waals surface area contributed by atoms with Gasteiger partial charge in [-0.05, 0) is 12.8 Å². The molecule has 0 aliphatic carbocycles. The Balaban J connectivity index is 4.16. The first kappa shape index (κ1) is 13.4. The molecule has 0 heterocycles. The zero-order chi connectivity index (χ0) is 11.8. The fourth-order valence-corrected chi connectivity index (χ4v) is 1.26. The zero-order valence-electron chi connectivity index (χ0n) is 7.96. The van der Waals surface area contributed by atoms with Gasteiger partial charge in [-0.25, -0.2) is 0 Å². The Bertz CT molecular complexity index is 362. The summed E-state index contributed by atoms with van der Waals surface area (Å²) in [5.41, 5.74) is 15.1. The highest BCUT2D eigenvalue weighted by Gasteiger charge is 2.13. The van der Waals surface area contributed by atoms with E-state index in [2.05, 4.69) is 9.36 Å². The highest BCUT2D eigenvalue weighted by atomic mass is 32.2. The molecule has 8 nitrogen and oxygen atoms in total. The lowest BCUT2D eigenvalue weighted by Crippen LogP contribution is -2.27. The topological polar surface area (TPSA) is 154 Å². The first-order valence-electron chi connectivity index (χ1n) is 4.08. The number of carbonyl (C=O) groups is 1. The molecule has 0 aromatic rings. The van der Waals surface area contributed by atoms with Crippen LogP contribution in [0.5, 0.6) is 0 Å². The van der Waals surface area contributed by atoms with Crippen molar-refractivity contribution in [2.24, 2.45) is 26.6 Å². The predicted octanol–water partition coefficient (Wildman–Crippen LogP) is -2.04. The summed E-state index contributed by atoms with van der Waals surface area (Å²) in [6.45, 7) is 0.299. The van der Waals surface area contributed by atoms with Crippen LogP contribution in [0, 0.1) is 0 Å². The molecule has 0 radical (unpaired) electrons. The van der Waals surface area contributed by atoms with Crippen molar-refractivity contribution in [3.8, 4) is 0 Å². The van der Waals surface area contributed by atoms with E-state index in [1.54, 1.807) is 0 Å². The molecule has 1 amide bonds. The second kappa shape index (κ2) is 6.76. The van der Waals surface area contributed by atoms with Crippen molar-refractivity contribution >= 4 is 22.4 Å². The van der Waals surface area contributed by atoms with Crippen molar-refractivity contribution in [3.05, 3.63) is 0 Å². The third kappa shape index (κ3) is 7.43. The summed E-state index contributed by atoms with van der Waals surface area (Å²) < 4.78 is 23.6. The zero-order valence-corrected chi connectivity index (χ0v) is 8.77. The Morgan fingerprint density at radius 2 is 1.87 bits per heavy atom. The van der Waals surface area contributed by atoms with Gasteiger partial charge in [-0.2, -0.15) is 12.8 Å². The number of amides is 1. The summed E-state index contributed by atoms with van der Waals surface area (Å²) >= 11 is 0. The van der Waals surface area contributed by atoms with E-state index in [-0.39, 0.29) is 12.4 Å². The number of primary amides is 1. The maximum absolute atomic E-state index is 10.7. The Morgan fingerprint density at radius 1 is 1.27 bits per heavy atom. The summed E-state index contributed by atoms with van der Waals surface area (Å²) in [6, 6.07) is -1.04. The van der Waals surface area contributed by atoms with E-state index in [1.165, 1.54) is 0 Å². The minimum atomic E-state index is -2.64. The van der Waals surface area contributed by atoms with Gasteiger partial charge in [0.05, 0.1) is 0 Å². The van der Waals surface area contributed by atoms with Crippen LogP contribution in [0.1, 0.15) is 12.8 Å². The number of aliphatic imine (C=N–C) groups is 1. The molecule has 0 aromatic carbocycles. The molecule has 1 atom stereocenters. The van der Waals surface area contributed by atoms with E-state index in [0.29, 0.717) is 13.0 Å². The Morgan fingerprint density at radius 3 is 2.27 bits per heavy atom.